The number of pyridine rings is 1. The molecule has 0 saturated heterocycles. The van der Waals surface area contributed by atoms with Gasteiger partial charge in [0.05, 0.1) is 11.1 Å². The second kappa shape index (κ2) is 4.66. The molecule has 18 heavy (non-hydrogen) atoms. The maximum atomic E-state index is 12.9. The van der Waals surface area contributed by atoms with Gasteiger partial charge in [-0.1, -0.05) is 0 Å². The fourth-order valence-corrected chi connectivity index (χ4v) is 1.02. The van der Waals surface area contributed by atoms with Crippen LogP contribution in [0, 0.1) is 15.9 Å². The summed E-state index contributed by atoms with van der Waals surface area (Å²) in [5, 5.41) is 10.4. The number of halogens is 6. The zero-order valence-electron chi connectivity index (χ0n) is 8.04. The van der Waals surface area contributed by atoms with Crippen molar-refractivity contribution in [3.63, 3.8) is 0 Å². The van der Waals surface area contributed by atoms with E-state index >= 15 is 0 Å². The molecule has 5 nitrogen and oxygen atoms in total. The van der Waals surface area contributed by atoms with E-state index in [-0.39, 0.29) is 6.20 Å². The zero-order chi connectivity index (χ0) is 14.1. The predicted octanol–water partition coefficient (Wildman–Crippen LogP) is 2.97. The Morgan fingerprint density at radius 2 is 1.94 bits per heavy atom. The Morgan fingerprint density at radius 3 is 2.33 bits per heavy atom. The molecular weight excluding hydrogens is 274 g/mol. The molecule has 0 fully saturated rings. The molecule has 1 aromatic rings. The molecule has 0 aliphatic heterocycles. The molecule has 0 aliphatic rings. The van der Waals surface area contributed by atoms with Crippen LogP contribution in [0.4, 0.5) is 32.0 Å². The number of hydrogen-bond acceptors (Lipinski definition) is 4. The molecule has 11 heteroatoms. The van der Waals surface area contributed by atoms with Gasteiger partial charge in [-0.3, -0.25) is 10.1 Å². The van der Waals surface area contributed by atoms with Crippen LogP contribution < -0.4 is 4.74 Å². The number of rotatable bonds is 3. The minimum Gasteiger partial charge on any atom is -0.395 e. The van der Waals surface area contributed by atoms with Crippen LogP contribution in [-0.4, -0.2) is 16.3 Å². The van der Waals surface area contributed by atoms with Crippen molar-refractivity contribution in [2.45, 2.75) is 12.8 Å². The summed E-state index contributed by atoms with van der Waals surface area (Å²) in [4.78, 5) is 11.5. The van der Waals surface area contributed by atoms with Crippen molar-refractivity contribution in [3.8, 4) is 5.75 Å². The summed E-state index contributed by atoms with van der Waals surface area (Å²) in [6, 6.07) is 0. The van der Waals surface area contributed by atoms with Gasteiger partial charge in [0.25, 0.3) is 6.43 Å². The summed E-state index contributed by atoms with van der Waals surface area (Å²) < 4.78 is 76.2. The molecule has 1 rings (SSSR count). The van der Waals surface area contributed by atoms with E-state index in [0.29, 0.717) is 0 Å². The largest absolute Gasteiger partial charge is 0.573 e. The number of hydrogen-bond donors (Lipinski definition) is 0. The summed E-state index contributed by atoms with van der Waals surface area (Å²) in [5.41, 5.74) is -3.47. The van der Waals surface area contributed by atoms with Crippen molar-refractivity contribution in [1.82, 2.24) is 4.98 Å². The van der Waals surface area contributed by atoms with E-state index in [1.807, 2.05) is 0 Å². The molecule has 0 radical (unpaired) electrons. The Bertz CT molecular complexity index is 475. The molecule has 0 amide bonds. The Balaban J connectivity index is 3.46. The van der Waals surface area contributed by atoms with Crippen LogP contribution >= 0.6 is 0 Å². The standard InChI is InChI=1S/C7H2F6N2O3/c8-2-1-14-3(6(9)10)4(15(16)17)5(2)18-7(11,12)13/h1,6H. The lowest BCUT2D eigenvalue weighted by molar-refractivity contribution is -0.390. The lowest BCUT2D eigenvalue weighted by atomic mass is 10.2. The summed E-state index contributed by atoms with van der Waals surface area (Å²) >= 11 is 0. The quantitative estimate of drug-likeness (QED) is 0.483. The smallest absolute Gasteiger partial charge is 0.395 e. The Hall–Kier alpha value is -2.07. The minimum atomic E-state index is -5.47. The Labute approximate surface area is 94.1 Å². The number of alkyl halides is 5. The average molecular weight is 276 g/mol. The number of nitrogens with zero attached hydrogens (tertiary/aromatic N) is 2. The molecule has 100 valence electrons. The topological polar surface area (TPSA) is 65.3 Å². The van der Waals surface area contributed by atoms with E-state index < -0.39 is 40.7 Å². The maximum absolute atomic E-state index is 12.9. The van der Waals surface area contributed by atoms with Crippen LogP contribution in [-0.2, 0) is 0 Å². The van der Waals surface area contributed by atoms with Crippen molar-refractivity contribution < 1.29 is 36.0 Å². The first-order valence-corrected chi connectivity index (χ1v) is 4.00. The van der Waals surface area contributed by atoms with E-state index in [1.54, 1.807) is 0 Å². The van der Waals surface area contributed by atoms with Gasteiger partial charge >= 0.3 is 12.0 Å². The summed E-state index contributed by atoms with van der Waals surface area (Å²) in [6.45, 7) is 0. The third-order valence-corrected chi connectivity index (χ3v) is 1.60. The summed E-state index contributed by atoms with van der Waals surface area (Å²) in [7, 11) is 0. The first-order valence-electron chi connectivity index (χ1n) is 4.00. The van der Waals surface area contributed by atoms with Gasteiger partial charge in [-0.05, 0) is 0 Å². The molecule has 0 saturated carbocycles. The molecule has 1 heterocycles. The van der Waals surface area contributed by atoms with Gasteiger partial charge in [0.1, 0.15) is 0 Å². The highest BCUT2D eigenvalue weighted by atomic mass is 19.4. The summed E-state index contributed by atoms with van der Waals surface area (Å²) in [5.74, 6) is -3.82. The Kier molecular flexibility index (Phi) is 3.62. The molecule has 0 atom stereocenters. The van der Waals surface area contributed by atoms with E-state index in [9.17, 15) is 36.5 Å². The molecule has 0 N–H and O–H groups in total. The van der Waals surface area contributed by atoms with E-state index in [4.69, 9.17) is 0 Å². The van der Waals surface area contributed by atoms with Gasteiger partial charge in [-0.15, -0.1) is 13.2 Å². The fourth-order valence-electron chi connectivity index (χ4n) is 1.02. The number of aromatic nitrogens is 1. The normalized spacial score (nSPS) is 11.7. The van der Waals surface area contributed by atoms with Gasteiger partial charge in [0, 0.05) is 0 Å². The molecular formula is C7H2F6N2O3. The maximum Gasteiger partial charge on any atom is 0.573 e. The van der Waals surface area contributed by atoms with Crippen LogP contribution in [0.1, 0.15) is 12.1 Å². The van der Waals surface area contributed by atoms with Crippen LogP contribution in [0.25, 0.3) is 0 Å². The Morgan fingerprint density at radius 1 is 1.39 bits per heavy atom. The third kappa shape index (κ3) is 2.99. The van der Waals surface area contributed by atoms with E-state index in [1.165, 1.54) is 0 Å². The van der Waals surface area contributed by atoms with Gasteiger partial charge in [0.2, 0.25) is 5.75 Å². The molecule has 0 aliphatic carbocycles. The monoisotopic (exact) mass is 276 g/mol. The highest BCUT2D eigenvalue weighted by molar-refractivity contribution is 5.50. The van der Waals surface area contributed by atoms with Crippen LogP contribution in [0.3, 0.4) is 0 Å². The average Bonchev–Trinajstić information content (AvgIpc) is 2.17. The van der Waals surface area contributed by atoms with Gasteiger partial charge in [-0.25, -0.2) is 18.2 Å². The van der Waals surface area contributed by atoms with E-state index in [0.717, 1.165) is 0 Å². The van der Waals surface area contributed by atoms with Crippen LogP contribution in [0.5, 0.6) is 5.75 Å². The molecule has 0 bridgehead atoms. The molecule has 0 aromatic carbocycles. The number of ether oxygens (including phenoxy) is 1. The van der Waals surface area contributed by atoms with Gasteiger partial charge < -0.3 is 4.74 Å². The third-order valence-electron chi connectivity index (χ3n) is 1.60. The van der Waals surface area contributed by atoms with Crippen LogP contribution in [0.2, 0.25) is 0 Å². The van der Waals surface area contributed by atoms with Crippen LogP contribution in [0.15, 0.2) is 6.20 Å². The number of nitro groups is 1. The van der Waals surface area contributed by atoms with Gasteiger partial charge in [-0.2, -0.15) is 0 Å². The van der Waals surface area contributed by atoms with Gasteiger partial charge in [0.15, 0.2) is 11.5 Å². The SMILES string of the molecule is O=[N+]([O-])c1c(C(F)F)ncc(F)c1OC(F)(F)F. The zero-order valence-corrected chi connectivity index (χ0v) is 8.04. The summed E-state index contributed by atoms with van der Waals surface area (Å²) in [6.07, 6.45) is -9.04. The van der Waals surface area contributed by atoms with E-state index in [2.05, 4.69) is 9.72 Å². The van der Waals surface area contributed by atoms with Crippen molar-refractivity contribution in [3.05, 3.63) is 27.8 Å². The van der Waals surface area contributed by atoms with Crippen molar-refractivity contribution in [2.75, 3.05) is 0 Å². The predicted molar refractivity (Wildman–Crippen MR) is 42.5 cm³/mol. The first kappa shape index (κ1) is 14.0. The highest BCUT2D eigenvalue weighted by Gasteiger charge is 2.39. The lowest BCUT2D eigenvalue weighted by Crippen LogP contribution is -2.19. The molecule has 0 unspecified atom stereocenters. The first-order chi connectivity index (χ1) is 8.13. The fraction of sp³-hybridized carbons (Fsp3) is 0.286. The molecule has 0 spiro atoms. The van der Waals surface area contributed by atoms with Crippen molar-refractivity contribution >= 4 is 5.69 Å². The molecule has 1 aromatic heterocycles. The lowest BCUT2D eigenvalue weighted by Gasteiger charge is -2.11. The highest BCUT2D eigenvalue weighted by Crippen LogP contribution is 2.39. The van der Waals surface area contributed by atoms with Crippen molar-refractivity contribution in [2.24, 2.45) is 0 Å². The minimum absolute atomic E-state index is 0.0183. The second-order valence-electron chi connectivity index (χ2n) is 2.77. The second-order valence-corrected chi connectivity index (χ2v) is 2.77. The van der Waals surface area contributed by atoms with Crippen molar-refractivity contribution in [1.29, 1.82) is 0 Å².